The van der Waals surface area contributed by atoms with Crippen LogP contribution in [0.15, 0.2) is 24.3 Å². The van der Waals surface area contributed by atoms with Crippen molar-refractivity contribution < 1.29 is 9.18 Å². The third-order valence-corrected chi connectivity index (χ3v) is 3.79. The lowest BCUT2D eigenvalue weighted by atomic mass is 10.0. The molecule has 0 unspecified atom stereocenters. The fraction of sp³-hybridized carbons (Fsp3) is 0.533. The molecule has 0 saturated carbocycles. The van der Waals surface area contributed by atoms with Crippen molar-refractivity contribution in [3.8, 4) is 0 Å². The highest BCUT2D eigenvalue weighted by Crippen LogP contribution is 2.20. The second kappa shape index (κ2) is 7.61. The Bertz CT molecular complexity index is 476. The molecular weight excluding hydrogens is 293 g/mol. The Morgan fingerprint density at radius 2 is 1.76 bits per heavy atom. The highest BCUT2D eigenvalue weighted by Gasteiger charge is 2.27. The molecule has 1 saturated heterocycles. The van der Waals surface area contributed by atoms with Gasteiger partial charge in [0.25, 0.3) is 0 Å². The van der Waals surface area contributed by atoms with E-state index in [1.54, 1.807) is 17.0 Å². The maximum absolute atomic E-state index is 13.7. The second-order valence-electron chi connectivity index (χ2n) is 5.53. The number of anilines is 1. The first-order chi connectivity index (χ1) is 9.50. The van der Waals surface area contributed by atoms with Gasteiger partial charge in [0.1, 0.15) is 5.82 Å². The zero-order valence-electron chi connectivity index (χ0n) is 12.5. The maximum Gasteiger partial charge on any atom is 0.239 e. The van der Waals surface area contributed by atoms with Gasteiger partial charge in [-0.15, -0.1) is 12.4 Å². The normalized spacial score (nSPS) is 16.6. The summed E-state index contributed by atoms with van der Waals surface area (Å²) in [6.45, 7) is 6.34. The molecule has 0 bridgehead atoms. The first-order valence-electron chi connectivity index (χ1n) is 7.04. The molecule has 0 aromatic heterocycles. The van der Waals surface area contributed by atoms with E-state index in [2.05, 4.69) is 0 Å². The van der Waals surface area contributed by atoms with Gasteiger partial charge in [-0.05, 0) is 18.1 Å². The van der Waals surface area contributed by atoms with Crippen LogP contribution in [0.1, 0.15) is 13.8 Å². The smallest absolute Gasteiger partial charge is 0.239 e. The van der Waals surface area contributed by atoms with Crippen LogP contribution in [0.2, 0.25) is 0 Å². The average molecular weight is 316 g/mol. The molecular formula is C15H23ClFN3O. The minimum Gasteiger partial charge on any atom is -0.366 e. The molecule has 2 rings (SSSR count). The molecule has 1 aliphatic heterocycles. The topological polar surface area (TPSA) is 49.6 Å². The summed E-state index contributed by atoms with van der Waals surface area (Å²) in [7, 11) is 0. The predicted octanol–water partition coefficient (Wildman–Crippen LogP) is 1.88. The number of hydrogen-bond donors (Lipinski definition) is 1. The lowest BCUT2D eigenvalue weighted by molar-refractivity contribution is -0.133. The van der Waals surface area contributed by atoms with Crippen molar-refractivity contribution in [3.63, 3.8) is 0 Å². The van der Waals surface area contributed by atoms with E-state index in [0.717, 1.165) is 0 Å². The highest BCUT2D eigenvalue weighted by molar-refractivity contribution is 5.85. The van der Waals surface area contributed by atoms with Crippen LogP contribution in [0.25, 0.3) is 0 Å². The zero-order valence-corrected chi connectivity index (χ0v) is 13.3. The first kappa shape index (κ1) is 17.7. The summed E-state index contributed by atoms with van der Waals surface area (Å²) >= 11 is 0. The van der Waals surface area contributed by atoms with E-state index in [4.69, 9.17) is 5.73 Å². The second-order valence-corrected chi connectivity index (χ2v) is 5.53. The van der Waals surface area contributed by atoms with Gasteiger partial charge in [-0.2, -0.15) is 0 Å². The molecule has 1 heterocycles. The van der Waals surface area contributed by atoms with E-state index in [1.165, 1.54) is 6.07 Å². The largest absolute Gasteiger partial charge is 0.366 e. The van der Waals surface area contributed by atoms with Crippen molar-refractivity contribution in [2.45, 2.75) is 19.9 Å². The van der Waals surface area contributed by atoms with E-state index in [1.807, 2.05) is 24.8 Å². The quantitative estimate of drug-likeness (QED) is 0.926. The number of halogens is 2. The van der Waals surface area contributed by atoms with Crippen LogP contribution < -0.4 is 10.6 Å². The van der Waals surface area contributed by atoms with Crippen molar-refractivity contribution in [2.75, 3.05) is 31.1 Å². The first-order valence-corrected chi connectivity index (χ1v) is 7.04. The molecule has 2 N–H and O–H groups in total. The summed E-state index contributed by atoms with van der Waals surface area (Å²) in [5.74, 6) is -0.0913. The third kappa shape index (κ3) is 4.08. The minimum absolute atomic E-state index is 0. The van der Waals surface area contributed by atoms with Gasteiger partial charge in [0, 0.05) is 26.2 Å². The molecule has 6 heteroatoms. The molecule has 0 spiro atoms. The summed E-state index contributed by atoms with van der Waals surface area (Å²) in [5.41, 5.74) is 6.50. The Morgan fingerprint density at radius 3 is 2.29 bits per heavy atom. The highest BCUT2D eigenvalue weighted by atomic mass is 35.5. The number of benzene rings is 1. The van der Waals surface area contributed by atoms with Crippen LogP contribution in [0.4, 0.5) is 10.1 Å². The Labute approximate surface area is 131 Å². The van der Waals surface area contributed by atoms with E-state index in [0.29, 0.717) is 31.9 Å². The van der Waals surface area contributed by atoms with Gasteiger partial charge in [0.2, 0.25) is 5.91 Å². The van der Waals surface area contributed by atoms with Crippen molar-refractivity contribution in [2.24, 2.45) is 11.7 Å². The van der Waals surface area contributed by atoms with Gasteiger partial charge < -0.3 is 15.5 Å². The molecule has 1 aromatic carbocycles. The van der Waals surface area contributed by atoms with Crippen LogP contribution in [-0.2, 0) is 4.79 Å². The number of para-hydroxylation sites is 1. The van der Waals surface area contributed by atoms with Crippen molar-refractivity contribution in [3.05, 3.63) is 30.1 Å². The number of amides is 1. The Morgan fingerprint density at radius 1 is 1.19 bits per heavy atom. The van der Waals surface area contributed by atoms with E-state index >= 15 is 0 Å². The molecule has 1 atom stereocenters. The van der Waals surface area contributed by atoms with Gasteiger partial charge in [-0.3, -0.25) is 4.79 Å². The molecule has 1 aromatic rings. The zero-order chi connectivity index (χ0) is 14.7. The Hall–Kier alpha value is -1.33. The molecule has 1 fully saturated rings. The molecule has 4 nitrogen and oxygen atoms in total. The number of rotatable bonds is 3. The predicted molar refractivity (Wildman–Crippen MR) is 85.3 cm³/mol. The third-order valence-electron chi connectivity index (χ3n) is 3.79. The van der Waals surface area contributed by atoms with Gasteiger partial charge >= 0.3 is 0 Å². The summed E-state index contributed by atoms with van der Waals surface area (Å²) in [6.07, 6.45) is 0. The number of nitrogens with zero attached hydrogens (tertiary/aromatic N) is 2. The monoisotopic (exact) mass is 315 g/mol. The average Bonchev–Trinajstić information content (AvgIpc) is 2.46. The van der Waals surface area contributed by atoms with Crippen LogP contribution >= 0.6 is 12.4 Å². The summed E-state index contributed by atoms with van der Waals surface area (Å²) in [5, 5.41) is 0. The summed E-state index contributed by atoms with van der Waals surface area (Å²) < 4.78 is 13.7. The maximum atomic E-state index is 13.7. The SMILES string of the molecule is CC(C)[C@H](N)C(=O)N1CCN(c2ccccc2F)CC1.Cl. The van der Waals surface area contributed by atoms with Crippen LogP contribution in [-0.4, -0.2) is 43.0 Å². The molecule has 21 heavy (non-hydrogen) atoms. The number of piperazine rings is 1. The number of carbonyl (C=O) groups excluding carboxylic acids is 1. The van der Waals surface area contributed by atoms with Gasteiger partial charge in [0.15, 0.2) is 0 Å². The molecule has 1 aliphatic rings. The number of nitrogens with two attached hydrogens (primary N) is 1. The lowest BCUT2D eigenvalue weighted by Gasteiger charge is -2.37. The van der Waals surface area contributed by atoms with Gasteiger partial charge in [-0.25, -0.2) is 4.39 Å². The van der Waals surface area contributed by atoms with Gasteiger partial charge in [-0.1, -0.05) is 26.0 Å². The van der Waals surface area contributed by atoms with Crippen molar-refractivity contribution in [1.29, 1.82) is 0 Å². The summed E-state index contributed by atoms with van der Waals surface area (Å²) in [4.78, 5) is 15.9. The van der Waals surface area contributed by atoms with Gasteiger partial charge in [0.05, 0.1) is 11.7 Å². The summed E-state index contributed by atoms with van der Waals surface area (Å²) in [6, 6.07) is 6.29. The van der Waals surface area contributed by atoms with Crippen molar-refractivity contribution >= 4 is 24.0 Å². The fourth-order valence-electron chi connectivity index (χ4n) is 2.37. The van der Waals surface area contributed by atoms with E-state index in [9.17, 15) is 9.18 Å². The number of carbonyl (C=O) groups is 1. The minimum atomic E-state index is -0.449. The molecule has 118 valence electrons. The fourth-order valence-corrected chi connectivity index (χ4v) is 2.37. The Kier molecular flexibility index (Phi) is 6.42. The van der Waals surface area contributed by atoms with Crippen molar-refractivity contribution in [1.82, 2.24) is 4.90 Å². The molecule has 1 amide bonds. The lowest BCUT2D eigenvalue weighted by Crippen LogP contribution is -2.54. The van der Waals surface area contributed by atoms with Crippen LogP contribution in [0.3, 0.4) is 0 Å². The molecule has 0 aliphatic carbocycles. The molecule has 0 radical (unpaired) electrons. The number of hydrogen-bond acceptors (Lipinski definition) is 3. The Balaban J connectivity index is 0.00000220. The van der Waals surface area contributed by atoms with E-state index in [-0.39, 0.29) is 30.0 Å². The van der Waals surface area contributed by atoms with Crippen LogP contribution in [0, 0.1) is 11.7 Å². The van der Waals surface area contributed by atoms with E-state index < -0.39 is 6.04 Å². The standard InChI is InChI=1S/C15H22FN3O.ClH/c1-11(2)14(17)15(20)19-9-7-18(8-10-19)13-6-4-3-5-12(13)16;/h3-6,11,14H,7-10,17H2,1-2H3;1H/t14-;/m0./s1. The van der Waals surface area contributed by atoms with Crippen LogP contribution in [0.5, 0.6) is 0 Å².